The highest BCUT2D eigenvalue weighted by molar-refractivity contribution is 7.89. The van der Waals surface area contributed by atoms with Crippen molar-refractivity contribution < 1.29 is 18.0 Å². The standard InChI is InChI=1S/C22H32N4O4S/c1-22(2)18-15-17(5-6-19(18)24(4)21(22)28)31(29,30)26-9-7-16(8-10-26)20(27)25-13-11-23(3)12-14-25/h5-6,15-16H,7-14H2,1-4H3. The van der Waals surface area contributed by atoms with E-state index in [0.29, 0.717) is 25.9 Å². The lowest BCUT2D eigenvalue weighted by Crippen LogP contribution is -2.50. The maximum Gasteiger partial charge on any atom is 0.243 e. The van der Waals surface area contributed by atoms with E-state index in [9.17, 15) is 18.0 Å². The van der Waals surface area contributed by atoms with Crippen LogP contribution in [0.3, 0.4) is 0 Å². The fourth-order valence-electron chi connectivity index (χ4n) is 4.89. The molecule has 1 aromatic rings. The Labute approximate surface area is 184 Å². The molecule has 2 amide bonds. The minimum Gasteiger partial charge on any atom is -0.340 e. The normalized spacial score (nSPS) is 23.3. The Morgan fingerprint density at radius 2 is 1.61 bits per heavy atom. The van der Waals surface area contributed by atoms with E-state index in [1.54, 1.807) is 30.1 Å². The van der Waals surface area contributed by atoms with Crippen molar-refractivity contribution in [2.24, 2.45) is 5.92 Å². The zero-order valence-electron chi connectivity index (χ0n) is 18.8. The second-order valence-electron chi connectivity index (χ2n) is 9.48. The number of likely N-dealkylation sites (N-methyl/N-ethyl adjacent to an activating group) is 2. The molecule has 170 valence electrons. The summed E-state index contributed by atoms with van der Waals surface area (Å²) >= 11 is 0. The highest BCUT2D eigenvalue weighted by Gasteiger charge is 2.43. The molecule has 0 N–H and O–H groups in total. The van der Waals surface area contributed by atoms with Gasteiger partial charge in [0.15, 0.2) is 0 Å². The first kappa shape index (κ1) is 22.2. The van der Waals surface area contributed by atoms with Crippen molar-refractivity contribution in [1.29, 1.82) is 0 Å². The van der Waals surface area contributed by atoms with E-state index in [-0.39, 0.29) is 22.6 Å². The van der Waals surface area contributed by atoms with E-state index < -0.39 is 15.4 Å². The molecule has 0 atom stereocenters. The molecular formula is C22H32N4O4S. The number of sulfonamides is 1. The second-order valence-corrected chi connectivity index (χ2v) is 11.4. The minimum absolute atomic E-state index is 0.0414. The van der Waals surface area contributed by atoms with Crippen LogP contribution in [0, 0.1) is 5.92 Å². The SMILES string of the molecule is CN1CCN(C(=O)C2CCN(S(=O)(=O)c3ccc4c(c3)C(C)(C)C(=O)N4C)CC2)CC1. The first-order valence-corrected chi connectivity index (χ1v) is 12.4. The Kier molecular flexibility index (Phi) is 5.64. The molecule has 0 saturated carbocycles. The largest absolute Gasteiger partial charge is 0.340 e. The molecular weight excluding hydrogens is 416 g/mol. The highest BCUT2D eigenvalue weighted by Crippen LogP contribution is 2.42. The van der Waals surface area contributed by atoms with Gasteiger partial charge in [0.25, 0.3) is 0 Å². The van der Waals surface area contributed by atoms with Crippen molar-refractivity contribution in [1.82, 2.24) is 14.1 Å². The predicted octanol–water partition coefficient (Wildman–Crippen LogP) is 1.12. The average molecular weight is 449 g/mol. The van der Waals surface area contributed by atoms with Crippen molar-refractivity contribution in [2.45, 2.75) is 37.0 Å². The summed E-state index contributed by atoms with van der Waals surface area (Å²) in [5.41, 5.74) is 0.740. The number of hydrogen-bond acceptors (Lipinski definition) is 5. The van der Waals surface area contributed by atoms with E-state index in [2.05, 4.69) is 11.9 Å². The van der Waals surface area contributed by atoms with Gasteiger partial charge in [0.2, 0.25) is 21.8 Å². The molecule has 0 radical (unpaired) electrons. The summed E-state index contributed by atoms with van der Waals surface area (Å²) in [6.07, 6.45) is 1.09. The van der Waals surface area contributed by atoms with Crippen molar-refractivity contribution in [3.05, 3.63) is 23.8 Å². The summed E-state index contributed by atoms with van der Waals surface area (Å²) in [6.45, 7) is 7.57. The molecule has 31 heavy (non-hydrogen) atoms. The van der Waals surface area contributed by atoms with E-state index in [1.807, 2.05) is 18.7 Å². The number of amides is 2. The number of hydrogen-bond donors (Lipinski definition) is 0. The molecule has 3 heterocycles. The summed E-state index contributed by atoms with van der Waals surface area (Å²) in [4.78, 5) is 31.3. The lowest BCUT2D eigenvalue weighted by atomic mass is 9.86. The third-order valence-electron chi connectivity index (χ3n) is 7.10. The van der Waals surface area contributed by atoms with Crippen molar-refractivity contribution >= 4 is 27.5 Å². The molecule has 0 unspecified atom stereocenters. The van der Waals surface area contributed by atoms with Crippen LogP contribution in [-0.4, -0.2) is 87.7 Å². The lowest BCUT2D eigenvalue weighted by Gasteiger charge is -2.37. The fourth-order valence-corrected chi connectivity index (χ4v) is 6.39. The van der Waals surface area contributed by atoms with Gasteiger partial charge in [-0.25, -0.2) is 8.42 Å². The van der Waals surface area contributed by atoms with Gasteiger partial charge in [-0.1, -0.05) is 0 Å². The Bertz CT molecular complexity index is 991. The van der Waals surface area contributed by atoms with Gasteiger partial charge in [-0.15, -0.1) is 0 Å². The van der Waals surface area contributed by atoms with Crippen LogP contribution in [0.15, 0.2) is 23.1 Å². The first-order valence-electron chi connectivity index (χ1n) is 10.9. The Morgan fingerprint density at radius 1 is 1.00 bits per heavy atom. The minimum atomic E-state index is -3.68. The first-order chi connectivity index (χ1) is 14.5. The van der Waals surface area contributed by atoms with Gasteiger partial charge in [0.05, 0.1) is 10.3 Å². The van der Waals surface area contributed by atoms with Crippen LogP contribution in [-0.2, 0) is 25.0 Å². The van der Waals surface area contributed by atoms with Crippen LogP contribution in [0.4, 0.5) is 5.69 Å². The van der Waals surface area contributed by atoms with Gasteiger partial charge < -0.3 is 14.7 Å². The molecule has 9 heteroatoms. The Hall–Kier alpha value is -1.97. The molecule has 0 aromatic heterocycles. The maximum absolute atomic E-state index is 13.3. The van der Waals surface area contributed by atoms with Crippen molar-refractivity contribution in [2.75, 3.05) is 58.3 Å². The van der Waals surface area contributed by atoms with Crippen LogP contribution >= 0.6 is 0 Å². The van der Waals surface area contributed by atoms with Crippen molar-refractivity contribution in [3.63, 3.8) is 0 Å². The Balaban J connectivity index is 1.46. The van der Waals surface area contributed by atoms with E-state index in [1.165, 1.54) is 4.31 Å². The average Bonchev–Trinajstić information content (AvgIpc) is 2.94. The van der Waals surface area contributed by atoms with Crippen LogP contribution in [0.2, 0.25) is 0 Å². The molecule has 1 aromatic carbocycles. The third-order valence-corrected chi connectivity index (χ3v) is 8.99. The zero-order valence-corrected chi connectivity index (χ0v) is 19.6. The summed E-state index contributed by atoms with van der Waals surface area (Å²) in [7, 11) is 0.0912. The number of rotatable bonds is 3. The summed E-state index contributed by atoms with van der Waals surface area (Å²) in [5.74, 6) is 0.00587. The van der Waals surface area contributed by atoms with Crippen LogP contribution in [0.25, 0.3) is 0 Å². The van der Waals surface area contributed by atoms with Gasteiger partial charge in [-0.05, 0) is 57.5 Å². The molecule has 2 saturated heterocycles. The van der Waals surface area contributed by atoms with Gasteiger partial charge >= 0.3 is 0 Å². The molecule has 3 aliphatic rings. The Morgan fingerprint density at radius 3 is 2.23 bits per heavy atom. The summed E-state index contributed by atoms with van der Waals surface area (Å²) < 4.78 is 28.1. The van der Waals surface area contributed by atoms with Crippen molar-refractivity contribution in [3.8, 4) is 0 Å². The van der Waals surface area contributed by atoms with Gasteiger partial charge in [0, 0.05) is 57.9 Å². The van der Waals surface area contributed by atoms with E-state index in [4.69, 9.17) is 0 Å². The molecule has 0 aliphatic carbocycles. The zero-order chi connectivity index (χ0) is 22.6. The second kappa shape index (κ2) is 7.86. The summed E-state index contributed by atoms with van der Waals surface area (Å²) in [6, 6.07) is 4.95. The van der Waals surface area contributed by atoms with Crippen LogP contribution < -0.4 is 4.90 Å². The quantitative estimate of drug-likeness (QED) is 0.692. The van der Waals surface area contributed by atoms with E-state index in [0.717, 1.165) is 37.4 Å². The summed E-state index contributed by atoms with van der Waals surface area (Å²) in [5, 5.41) is 0. The maximum atomic E-state index is 13.3. The van der Waals surface area contributed by atoms with Gasteiger partial charge in [-0.2, -0.15) is 4.31 Å². The molecule has 0 bridgehead atoms. The molecule has 3 aliphatic heterocycles. The highest BCUT2D eigenvalue weighted by atomic mass is 32.2. The lowest BCUT2D eigenvalue weighted by molar-refractivity contribution is -0.138. The number of piperazine rings is 1. The third kappa shape index (κ3) is 3.76. The van der Waals surface area contributed by atoms with Crippen LogP contribution in [0.5, 0.6) is 0 Å². The van der Waals surface area contributed by atoms with Gasteiger partial charge in [0.1, 0.15) is 0 Å². The van der Waals surface area contributed by atoms with E-state index >= 15 is 0 Å². The molecule has 2 fully saturated rings. The number of fused-ring (bicyclic) bond motifs is 1. The van der Waals surface area contributed by atoms with Gasteiger partial charge in [-0.3, -0.25) is 9.59 Å². The monoisotopic (exact) mass is 448 g/mol. The predicted molar refractivity (Wildman–Crippen MR) is 118 cm³/mol. The van der Waals surface area contributed by atoms with Crippen LogP contribution in [0.1, 0.15) is 32.3 Å². The number of anilines is 1. The molecule has 8 nitrogen and oxygen atoms in total. The molecule has 4 rings (SSSR count). The fraction of sp³-hybridized carbons (Fsp3) is 0.636. The smallest absolute Gasteiger partial charge is 0.243 e. The molecule has 0 spiro atoms. The number of nitrogens with zero attached hydrogens (tertiary/aromatic N) is 4. The number of carbonyl (C=O) groups excluding carboxylic acids is 2. The number of benzene rings is 1. The topological polar surface area (TPSA) is 81.2 Å². The number of carbonyl (C=O) groups is 2. The number of piperidine rings is 1.